The zero-order valence-electron chi connectivity index (χ0n) is 11.7. The summed E-state index contributed by atoms with van der Waals surface area (Å²) in [6, 6.07) is 3.77. The number of pyridine rings is 1. The summed E-state index contributed by atoms with van der Waals surface area (Å²) >= 11 is 11.6. The van der Waals surface area contributed by atoms with E-state index < -0.39 is 22.9 Å². The molecule has 0 atom stereocenters. The summed E-state index contributed by atoms with van der Waals surface area (Å²) in [6.45, 7) is 1.23. The van der Waals surface area contributed by atoms with E-state index in [2.05, 4.69) is 0 Å². The number of rotatable bonds is 3. The van der Waals surface area contributed by atoms with Crippen molar-refractivity contribution in [2.45, 2.75) is 6.92 Å². The lowest BCUT2D eigenvalue weighted by molar-refractivity contribution is 0.101. The van der Waals surface area contributed by atoms with Crippen LogP contribution >= 0.6 is 23.2 Å². The molecule has 1 aromatic carbocycles. The molecule has 1 heterocycles. The number of hydrogen-bond donors (Lipinski definition) is 1. The van der Waals surface area contributed by atoms with Gasteiger partial charge in [0.2, 0.25) is 0 Å². The van der Waals surface area contributed by atoms with Crippen molar-refractivity contribution in [3.8, 4) is 5.75 Å². The van der Waals surface area contributed by atoms with Gasteiger partial charge in [-0.15, -0.1) is 0 Å². The van der Waals surface area contributed by atoms with Crippen molar-refractivity contribution in [1.29, 1.82) is 0 Å². The van der Waals surface area contributed by atoms with Gasteiger partial charge in [0, 0.05) is 23.8 Å². The van der Waals surface area contributed by atoms with Gasteiger partial charge in [-0.2, -0.15) is 0 Å². The largest absolute Gasteiger partial charge is 0.506 e. The molecule has 0 radical (unpaired) electrons. The highest BCUT2D eigenvalue weighted by Crippen LogP contribution is 2.32. The number of carbonyl (C=O) groups excluding carboxylic acids is 2. The van der Waals surface area contributed by atoms with Crippen LogP contribution in [-0.4, -0.2) is 21.2 Å². The molecule has 0 amide bonds. The van der Waals surface area contributed by atoms with Gasteiger partial charge in [-0.1, -0.05) is 23.2 Å². The predicted octanol–water partition coefficient (Wildman–Crippen LogP) is 2.83. The lowest BCUT2D eigenvalue weighted by Gasteiger charge is -2.09. The highest BCUT2D eigenvalue weighted by molar-refractivity contribution is 6.36. The number of Topliss-reactive ketones (excluding diaryl/α,β-unsaturated/α-hetero) is 1. The Kier molecular flexibility index (Phi) is 4.39. The third kappa shape index (κ3) is 2.91. The van der Waals surface area contributed by atoms with Crippen molar-refractivity contribution < 1.29 is 14.7 Å². The third-order valence-corrected chi connectivity index (χ3v) is 3.60. The Balaban J connectivity index is 2.65. The Bertz CT molecular complexity index is 855. The lowest BCUT2D eigenvalue weighted by atomic mass is 10.0. The summed E-state index contributed by atoms with van der Waals surface area (Å²) in [5, 5.41) is 10.0. The summed E-state index contributed by atoms with van der Waals surface area (Å²) in [5.74, 6) is -1.46. The first-order chi connectivity index (χ1) is 10.2. The number of aromatic nitrogens is 1. The molecule has 0 bridgehead atoms. The van der Waals surface area contributed by atoms with Gasteiger partial charge in [0.25, 0.3) is 5.56 Å². The van der Waals surface area contributed by atoms with Gasteiger partial charge in [-0.3, -0.25) is 14.4 Å². The molecule has 0 saturated heterocycles. The van der Waals surface area contributed by atoms with E-state index in [4.69, 9.17) is 23.2 Å². The van der Waals surface area contributed by atoms with Crippen LogP contribution in [0.2, 0.25) is 10.0 Å². The van der Waals surface area contributed by atoms with E-state index in [9.17, 15) is 19.5 Å². The molecule has 0 aliphatic carbocycles. The standard InChI is InChI=1S/C15H11Cl2NO4/c1-7(19)10-3-8(6-18(2)15(10)22)13(20)11-4-9(16)5-12(17)14(11)21/h3-6,21H,1-2H3. The van der Waals surface area contributed by atoms with Crippen molar-refractivity contribution in [2.75, 3.05) is 0 Å². The summed E-state index contributed by atoms with van der Waals surface area (Å²) < 4.78 is 1.13. The molecule has 22 heavy (non-hydrogen) atoms. The number of aryl methyl sites for hydroxylation is 1. The number of carbonyl (C=O) groups is 2. The molecule has 1 aromatic heterocycles. The van der Waals surface area contributed by atoms with Gasteiger partial charge in [0.05, 0.1) is 16.1 Å². The minimum absolute atomic E-state index is 0.0625. The SMILES string of the molecule is CC(=O)c1cc(C(=O)c2cc(Cl)cc(Cl)c2O)cn(C)c1=O. The first-order valence-electron chi connectivity index (χ1n) is 6.16. The maximum Gasteiger partial charge on any atom is 0.261 e. The molecular weight excluding hydrogens is 329 g/mol. The highest BCUT2D eigenvalue weighted by atomic mass is 35.5. The van der Waals surface area contributed by atoms with Crippen molar-refractivity contribution in [3.63, 3.8) is 0 Å². The van der Waals surface area contributed by atoms with Gasteiger partial charge >= 0.3 is 0 Å². The first kappa shape index (κ1) is 16.3. The second-order valence-electron chi connectivity index (χ2n) is 4.73. The highest BCUT2D eigenvalue weighted by Gasteiger charge is 2.20. The average molecular weight is 340 g/mol. The zero-order valence-corrected chi connectivity index (χ0v) is 13.2. The van der Waals surface area contributed by atoms with Crippen LogP contribution in [0.15, 0.2) is 29.2 Å². The Hall–Kier alpha value is -2.11. The summed E-state index contributed by atoms with van der Waals surface area (Å²) in [6.07, 6.45) is 1.28. The predicted molar refractivity (Wildman–Crippen MR) is 83.2 cm³/mol. The fourth-order valence-electron chi connectivity index (χ4n) is 1.98. The Labute approximate surface area is 135 Å². The molecule has 1 N–H and O–H groups in total. The molecule has 0 aliphatic rings. The number of ketones is 2. The van der Waals surface area contributed by atoms with E-state index in [0.717, 1.165) is 4.57 Å². The molecule has 0 unspecified atom stereocenters. The van der Waals surface area contributed by atoms with Crippen molar-refractivity contribution in [2.24, 2.45) is 7.05 Å². The smallest absolute Gasteiger partial charge is 0.261 e. The number of benzene rings is 1. The van der Waals surface area contributed by atoms with Crippen LogP contribution in [0.4, 0.5) is 0 Å². The van der Waals surface area contributed by atoms with Crippen LogP contribution in [0.3, 0.4) is 0 Å². The van der Waals surface area contributed by atoms with Crippen LogP contribution in [0.25, 0.3) is 0 Å². The molecule has 2 aromatic rings. The molecule has 0 spiro atoms. The van der Waals surface area contributed by atoms with Crippen LogP contribution in [0, 0.1) is 0 Å². The molecule has 0 saturated carbocycles. The number of phenolic OH excluding ortho intramolecular Hbond substituents is 1. The molecule has 114 valence electrons. The minimum atomic E-state index is -0.597. The van der Waals surface area contributed by atoms with Gasteiger partial charge in [0.1, 0.15) is 5.75 Å². The number of aromatic hydroxyl groups is 1. The van der Waals surface area contributed by atoms with E-state index in [1.807, 2.05) is 0 Å². The van der Waals surface area contributed by atoms with E-state index in [1.54, 1.807) is 0 Å². The van der Waals surface area contributed by atoms with Crippen molar-refractivity contribution in [1.82, 2.24) is 4.57 Å². The van der Waals surface area contributed by atoms with Gasteiger partial charge in [-0.05, 0) is 25.1 Å². The number of phenols is 1. The zero-order chi connectivity index (χ0) is 16.6. The second-order valence-corrected chi connectivity index (χ2v) is 5.57. The number of hydrogen-bond acceptors (Lipinski definition) is 4. The maximum atomic E-state index is 12.5. The van der Waals surface area contributed by atoms with Gasteiger partial charge in [0.15, 0.2) is 11.6 Å². The molecule has 2 rings (SSSR count). The quantitative estimate of drug-likeness (QED) is 0.872. The Morgan fingerprint density at radius 2 is 1.77 bits per heavy atom. The molecule has 0 aliphatic heterocycles. The fraction of sp³-hybridized carbons (Fsp3) is 0.133. The third-order valence-electron chi connectivity index (χ3n) is 3.10. The molecule has 0 fully saturated rings. The normalized spacial score (nSPS) is 10.5. The van der Waals surface area contributed by atoms with E-state index >= 15 is 0 Å². The molecule has 5 nitrogen and oxygen atoms in total. The summed E-state index contributed by atoms with van der Waals surface area (Å²) in [7, 11) is 1.43. The monoisotopic (exact) mass is 339 g/mol. The van der Waals surface area contributed by atoms with E-state index in [-0.39, 0.29) is 26.7 Å². The lowest BCUT2D eigenvalue weighted by Crippen LogP contribution is -2.24. The summed E-state index contributed by atoms with van der Waals surface area (Å²) in [5.41, 5.74) is -0.648. The van der Waals surface area contributed by atoms with Crippen LogP contribution < -0.4 is 5.56 Å². The van der Waals surface area contributed by atoms with Crippen LogP contribution in [-0.2, 0) is 7.05 Å². The van der Waals surface area contributed by atoms with Crippen LogP contribution in [0.1, 0.15) is 33.2 Å². The Morgan fingerprint density at radius 1 is 1.14 bits per heavy atom. The second kappa shape index (κ2) is 5.94. The summed E-state index contributed by atoms with van der Waals surface area (Å²) in [4.78, 5) is 35.8. The topological polar surface area (TPSA) is 76.4 Å². The fourth-order valence-corrected chi connectivity index (χ4v) is 2.48. The minimum Gasteiger partial charge on any atom is -0.506 e. The number of nitrogens with zero attached hydrogens (tertiary/aromatic N) is 1. The Morgan fingerprint density at radius 3 is 2.36 bits per heavy atom. The van der Waals surface area contributed by atoms with Gasteiger partial charge in [-0.25, -0.2) is 0 Å². The van der Waals surface area contributed by atoms with Gasteiger partial charge < -0.3 is 9.67 Å². The first-order valence-corrected chi connectivity index (χ1v) is 6.92. The number of halogens is 2. The van der Waals surface area contributed by atoms with Crippen molar-refractivity contribution >= 4 is 34.8 Å². The molecular formula is C15H11Cl2NO4. The van der Waals surface area contributed by atoms with Crippen LogP contribution in [0.5, 0.6) is 5.75 Å². The van der Waals surface area contributed by atoms with Crippen molar-refractivity contribution in [3.05, 3.63) is 61.5 Å². The van der Waals surface area contributed by atoms with E-state index in [1.165, 1.54) is 38.4 Å². The molecule has 7 heteroatoms. The van der Waals surface area contributed by atoms with E-state index in [0.29, 0.717) is 0 Å². The maximum absolute atomic E-state index is 12.5. The average Bonchev–Trinajstić information content (AvgIpc) is 2.44.